The molecule has 0 radical (unpaired) electrons. The molecule has 0 unspecified atom stereocenters. The summed E-state index contributed by atoms with van der Waals surface area (Å²) in [7, 11) is 4.19. The maximum absolute atomic E-state index is 12.7. The van der Waals surface area contributed by atoms with Crippen LogP contribution in [0, 0.1) is 22.7 Å². The number of hydrogen-bond acceptors (Lipinski definition) is 8. The number of ether oxygens (including phenoxy) is 2. The Morgan fingerprint density at radius 3 is 1.40 bits per heavy atom. The third-order valence-corrected chi connectivity index (χ3v) is 10.2. The molecule has 0 spiro atoms. The maximum atomic E-state index is 12.7. The highest BCUT2D eigenvalue weighted by Gasteiger charge is 2.37. The Labute approximate surface area is 287 Å². The van der Waals surface area contributed by atoms with Crippen molar-refractivity contribution in [2.75, 3.05) is 53.5 Å². The van der Waals surface area contributed by atoms with Gasteiger partial charge < -0.3 is 29.9 Å². The molecule has 4 aliphatic rings. The Hall–Kier alpha value is -3.24. The molecular weight excluding hydrogens is 604 g/mol. The molecule has 2 amide bonds. The molecule has 2 aliphatic carbocycles. The lowest BCUT2D eigenvalue weighted by Crippen LogP contribution is -2.48. The van der Waals surface area contributed by atoms with Crippen molar-refractivity contribution in [3.05, 3.63) is 47.8 Å². The molecule has 10 heteroatoms. The van der Waals surface area contributed by atoms with Crippen molar-refractivity contribution in [2.24, 2.45) is 22.7 Å². The van der Waals surface area contributed by atoms with Gasteiger partial charge in [0, 0.05) is 61.8 Å². The first-order valence-corrected chi connectivity index (χ1v) is 17.9. The highest BCUT2D eigenvalue weighted by Crippen LogP contribution is 2.44. The van der Waals surface area contributed by atoms with E-state index in [1.54, 1.807) is 12.4 Å². The summed E-state index contributed by atoms with van der Waals surface area (Å²) in [6.45, 7) is 16.7. The minimum Gasteiger partial charge on any atom is -0.476 e. The zero-order valence-electron chi connectivity index (χ0n) is 30.4. The Morgan fingerprint density at radius 1 is 0.708 bits per heavy atom. The van der Waals surface area contributed by atoms with Crippen molar-refractivity contribution in [1.29, 1.82) is 0 Å². The number of rotatable bonds is 12. The highest BCUT2D eigenvalue weighted by atomic mass is 16.5. The van der Waals surface area contributed by atoms with E-state index in [9.17, 15) is 9.59 Å². The molecule has 4 atom stereocenters. The van der Waals surface area contributed by atoms with E-state index in [1.165, 1.54) is 36.8 Å². The summed E-state index contributed by atoms with van der Waals surface area (Å²) in [5.41, 5.74) is 1.19. The van der Waals surface area contributed by atoms with Crippen molar-refractivity contribution in [2.45, 2.75) is 91.1 Å². The summed E-state index contributed by atoms with van der Waals surface area (Å²) in [4.78, 5) is 38.6. The molecule has 2 aromatic heterocycles. The number of nitrogens with one attached hydrogen (secondary N) is 2. The van der Waals surface area contributed by atoms with Crippen LogP contribution >= 0.6 is 0 Å². The van der Waals surface area contributed by atoms with Gasteiger partial charge in [-0.3, -0.25) is 9.59 Å². The van der Waals surface area contributed by atoms with Gasteiger partial charge in [-0.05, 0) is 103 Å². The average molecular weight is 663 g/mol. The van der Waals surface area contributed by atoms with Crippen LogP contribution in [0.25, 0.3) is 0 Å². The lowest BCUT2D eigenvalue weighted by molar-refractivity contribution is -0.132. The minimum absolute atomic E-state index is 0.0542. The first-order chi connectivity index (χ1) is 22.7. The molecule has 2 saturated carbocycles. The van der Waals surface area contributed by atoms with Gasteiger partial charge in [0.15, 0.2) is 0 Å². The molecule has 2 aromatic rings. The zero-order valence-corrected chi connectivity index (χ0v) is 30.4. The predicted molar refractivity (Wildman–Crippen MR) is 188 cm³/mol. The molecule has 2 N–H and O–H groups in total. The van der Waals surface area contributed by atoms with E-state index in [4.69, 9.17) is 9.47 Å². The minimum atomic E-state index is -0.584. The monoisotopic (exact) mass is 662 g/mol. The van der Waals surface area contributed by atoms with E-state index < -0.39 is 10.8 Å². The fourth-order valence-corrected chi connectivity index (χ4v) is 6.61. The molecule has 264 valence electrons. The lowest BCUT2D eigenvalue weighted by atomic mass is 9.92. The Morgan fingerprint density at radius 2 is 1.08 bits per heavy atom. The van der Waals surface area contributed by atoms with Crippen LogP contribution in [0.1, 0.15) is 90.2 Å². The zero-order chi connectivity index (χ0) is 34.6. The summed E-state index contributed by atoms with van der Waals surface area (Å²) >= 11 is 0. The summed E-state index contributed by atoms with van der Waals surface area (Å²) in [5.74, 6) is 3.61. The average Bonchev–Trinajstić information content (AvgIpc) is 3.97. The number of pyridine rings is 2. The Balaban J connectivity index is 0.000000188. The van der Waals surface area contributed by atoms with Gasteiger partial charge in [-0.2, -0.15) is 0 Å². The summed E-state index contributed by atoms with van der Waals surface area (Å²) in [6, 6.07) is 8.52. The largest absolute Gasteiger partial charge is 0.476 e. The fourth-order valence-electron chi connectivity index (χ4n) is 6.61. The van der Waals surface area contributed by atoms with Gasteiger partial charge in [0.1, 0.15) is 13.2 Å². The third kappa shape index (κ3) is 9.47. The molecular formula is C38H58N6O4. The first-order valence-electron chi connectivity index (χ1n) is 17.9. The molecule has 6 rings (SSSR count). The Bertz CT molecular complexity index is 1300. The number of hydrogen-bond donors (Lipinski definition) is 2. The van der Waals surface area contributed by atoms with Crippen LogP contribution in [0.2, 0.25) is 0 Å². The van der Waals surface area contributed by atoms with E-state index in [1.807, 2.05) is 39.8 Å². The topological polar surface area (TPSA) is 109 Å². The summed E-state index contributed by atoms with van der Waals surface area (Å²) < 4.78 is 11.9. The van der Waals surface area contributed by atoms with Gasteiger partial charge >= 0.3 is 0 Å². The number of likely N-dealkylation sites (N-methyl/N-ethyl adjacent to an activating group) is 2. The van der Waals surface area contributed by atoms with Crippen molar-refractivity contribution in [3.63, 3.8) is 0 Å². The standard InChI is InChI=1S/2C19H29N3O2/c2*1-13-10-22(4)11-16(13)21-18(23)19(2,3)12-24-17-15(14-7-8-14)6-5-9-20-17/h2*5-6,9,13-14,16H,7-8,10-12H2,1-4H3,(H,21,23)/t2*13-,16-/m10/s1. The van der Waals surface area contributed by atoms with Crippen molar-refractivity contribution in [3.8, 4) is 11.8 Å². The van der Waals surface area contributed by atoms with Crippen molar-refractivity contribution in [1.82, 2.24) is 30.4 Å². The van der Waals surface area contributed by atoms with Crippen molar-refractivity contribution >= 4 is 11.8 Å². The number of nitrogens with zero attached hydrogens (tertiary/aromatic N) is 4. The van der Waals surface area contributed by atoms with Crippen LogP contribution in [0.5, 0.6) is 11.8 Å². The fraction of sp³-hybridized carbons (Fsp3) is 0.684. The lowest BCUT2D eigenvalue weighted by Gasteiger charge is -2.27. The van der Waals surface area contributed by atoms with E-state index in [0.29, 0.717) is 48.6 Å². The molecule has 4 heterocycles. The molecule has 4 fully saturated rings. The van der Waals surface area contributed by atoms with E-state index >= 15 is 0 Å². The maximum Gasteiger partial charge on any atom is 0.229 e. The first kappa shape index (κ1) is 36.1. The number of carbonyl (C=O) groups is 2. The molecule has 2 aliphatic heterocycles. The van der Waals surface area contributed by atoms with Crippen LogP contribution < -0.4 is 20.1 Å². The molecule has 0 bridgehead atoms. The van der Waals surface area contributed by atoms with Gasteiger partial charge in [-0.25, -0.2) is 9.97 Å². The second-order valence-electron chi connectivity index (χ2n) is 16.2. The van der Waals surface area contributed by atoms with Crippen LogP contribution in [0.3, 0.4) is 0 Å². The second-order valence-corrected chi connectivity index (χ2v) is 16.2. The van der Waals surface area contributed by atoms with Crippen LogP contribution in [0.15, 0.2) is 36.7 Å². The van der Waals surface area contributed by atoms with Gasteiger partial charge in [-0.1, -0.05) is 26.0 Å². The number of aromatic nitrogens is 2. The summed E-state index contributed by atoms with van der Waals surface area (Å²) in [6.07, 6.45) is 8.34. The molecule has 2 saturated heterocycles. The quantitative estimate of drug-likeness (QED) is 0.332. The smallest absolute Gasteiger partial charge is 0.229 e. The van der Waals surface area contributed by atoms with Gasteiger partial charge in [-0.15, -0.1) is 0 Å². The van der Waals surface area contributed by atoms with Crippen LogP contribution in [-0.2, 0) is 9.59 Å². The second kappa shape index (κ2) is 15.1. The molecule has 10 nitrogen and oxygen atoms in total. The normalized spacial score (nSPS) is 24.8. The Kier molecular flexibility index (Phi) is 11.4. The molecule has 48 heavy (non-hydrogen) atoms. The van der Waals surface area contributed by atoms with Gasteiger partial charge in [0.2, 0.25) is 23.6 Å². The van der Waals surface area contributed by atoms with Crippen molar-refractivity contribution < 1.29 is 19.1 Å². The van der Waals surface area contributed by atoms with Crippen LogP contribution in [0.4, 0.5) is 0 Å². The number of carbonyl (C=O) groups excluding carboxylic acids is 2. The van der Waals surface area contributed by atoms with E-state index in [-0.39, 0.29) is 23.9 Å². The van der Waals surface area contributed by atoms with E-state index in [2.05, 4.69) is 70.5 Å². The van der Waals surface area contributed by atoms with Crippen LogP contribution in [-0.4, -0.2) is 97.2 Å². The van der Waals surface area contributed by atoms with Gasteiger partial charge in [0.05, 0.1) is 10.8 Å². The predicted octanol–water partition coefficient (Wildman–Crippen LogP) is 4.86. The SMILES string of the molecule is C[C@@H]1CN(C)C[C@H]1NC(=O)C(C)(C)COc1ncccc1C1CC1.C[C@H]1CN(C)C[C@@H]1NC(=O)C(C)(C)COc1ncccc1C1CC1. The third-order valence-electron chi connectivity index (χ3n) is 10.2. The number of amides is 2. The number of likely N-dealkylation sites (tertiary alicyclic amines) is 2. The van der Waals surface area contributed by atoms with E-state index in [0.717, 1.165) is 26.2 Å². The summed E-state index contributed by atoms with van der Waals surface area (Å²) in [5, 5.41) is 6.41. The molecule has 0 aromatic carbocycles. The highest BCUT2D eigenvalue weighted by molar-refractivity contribution is 5.82. The van der Waals surface area contributed by atoms with Gasteiger partial charge in [0.25, 0.3) is 0 Å².